The molecule has 1 aromatic heterocycles. The summed E-state index contributed by atoms with van der Waals surface area (Å²) in [6.07, 6.45) is -4.31. The highest BCUT2D eigenvalue weighted by atomic mass is 32.1. The van der Waals surface area contributed by atoms with E-state index in [-0.39, 0.29) is 6.04 Å². The fourth-order valence-corrected chi connectivity index (χ4v) is 2.99. The first-order valence-electron chi connectivity index (χ1n) is 5.82. The van der Waals surface area contributed by atoms with Gasteiger partial charge in [-0.3, -0.25) is 0 Å². The first kappa shape index (κ1) is 14.1. The number of halogens is 3. The summed E-state index contributed by atoms with van der Waals surface area (Å²) in [5.41, 5.74) is 0.0118. The molecule has 2 rings (SSSR count). The average Bonchev–Trinajstić information content (AvgIpc) is 2.76. The Morgan fingerprint density at radius 2 is 1.89 bits per heavy atom. The van der Waals surface area contributed by atoms with Crippen LogP contribution in [0.2, 0.25) is 0 Å². The summed E-state index contributed by atoms with van der Waals surface area (Å²) in [5.74, 6) is 0. The SMILES string of the molecule is CNC(c1cccc(C(F)(F)F)c1)c1ccc(C)s1. The normalized spacial score (nSPS) is 13.5. The lowest BCUT2D eigenvalue weighted by Crippen LogP contribution is -2.17. The number of hydrogen-bond acceptors (Lipinski definition) is 2. The smallest absolute Gasteiger partial charge is 0.309 e. The van der Waals surface area contributed by atoms with Crippen LogP contribution >= 0.6 is 11.3 Å². The Morgan fingerprint density at radius 3 is 2.42 bits per heavy atom. The number of rotatable bonds is 3. The van der Waals surface area contributed by atoms with Crippen LogP contribution in [0.4, 0.5) is 13.2 Å². The van der Waals surface area contributed by atoms with Gasteiger partial charge in [-0.05, 0) is 43.8 Å². The third-order valence-electron chi connectivity index (χ3n) is 2.88. The van der Waals surface area contributed by atoms with E-state index in [2.05, 4.69) is 5.32 Å². The molecule has 0 saturated heterocycles. The minimum atomic E-state index is -4.31. The molecule has 5 heteroatoms. The van der Waals surface area contributed by atoms with Gasteiger partial charge in [0.25, 0.3) is 0 Å². The standard InChI is InChI=1S/C14H14F3NS/c1-9-6-7-12(19-9)13(18-2)10-4-3-5-11(8-10)14(15,16)17/h3-8,13,18H,1-2H3. The molecule has 102 valence electrons. The molecule has 19 heavy (non-hydrogen) atoms. The molecule has 0 fully saturated rings. The van der Waals surface area contributed by atoms with E-state index in [9.17, 15) is 13.2 Å². The molecule has 1 aromatic carbocycles. The summed E-state index contributed by atoms with van der Waals surface area (Å²) in [6.45, 7) is 1.98. The molecule has 1 unspecified atom stereocenters. The first-order valence-corrected chi connectivity index (χ1v) is 6.64. The van der Waals surface area contributed by atoms with E-state index in [1.165, 1.54) is 12.1 Å². The van der Waals surface area contributed by atoms with Crippen LogP contribution in [0.5, 0.6) is 0 Å². The monoisotopic (exact) mass is 285 g/mol. The van der Waals surface area contributed by atoms with Crippen molar-refractivity contribution in [2.24, 2.45) is 0 Å². The molecular weight excluding hydrogens is 271 g/mol. The van der Waals surface area contributed by atoms with Crippen LogP contribution in [0, 0.1) is 6.92 Å². The van der Waals surface area contributed by atoms with Crippen molar-refractivity contribution in [3.05, 3.63) is 57.3 Å². The Morgan fingerprint density at radius 1 is 1.16 bits per heavy atom. The molecule has 0 spiro atoms. The van der Waals surface area contributed by atoms with Gasteiger partial charge < -0.3 is 5.32 Å². The third kappa shape index (κ3) is 3.16. The van der Waals surface area contributed by atoms with Crippen molar-refractivity contribution < 1.29 is 13.2 Å². The Kier molecular flexibility index (Phi) is 3.96. The quantitative estimate of drug-likeness (QED) is 0.882. The zero-order valence-electron chi connectivity index (χ0n) is 10.6. The largest absolute Gasteiger partial charge is 0.416 e. The van der Waals surface area contributed by atoms with Crippen LogP contribution in [0.15, 0.2) is 36.4 Å². The Labute approximate surface area is 114 Å². The maximum absolute atomic E-state index is 12.7. The van der Waals surface area contributed by atoms with Crippen molar-refractivity contribution in [1.29, 1.82) is 0 Å². The summed E-state index contributed by atoms with van der Waals surface area (Å²) < 4.78 is 38.2. The van der Waals surface area contributed by atoms with E-state index in [0.29, 0.717) is 5.56 Å². The number of benzene rings is 1. The predicted octanol–water partition coefficient (Wildman–Crippen LogP) is 4.38. The van der Waals surface area contributed by atoms with Crippen molar-refractivity contribution in [3.63, 3.8) is 0 Å². The van der Waals surface area contributed by atoms with E-state index in [0.717, 1.165) is 15.8 Å². The summed E-state index contributed by atoms with van der Waals surface area (Å²) in [7, 11) is 1.75. The lowest BCUT2D eigenvalue weighted by atomic mass is 10.0. The van der Waals surface area contributed by atoms with Gasteiger partial charge in [-0.2, -0.15) is 13.2 Å². The molecular formula is C14H14F3NS. The van der Waals surface area contributed by atoms with E-state index in [1.807, 2.05) is 19.1 Å². The van der Waals surface area contributed by atoms with Crippen molar-refractivity contribution in [3.8, 4) is 0 Å². The molecule has 0 aliphatic rings. The van der Waals surface area contributed by atoms with E-state index in [1.54, 1.807) is 24.5 Å². The van der Waals surface area contributed by atoms with Gasteiger partial charge in [0.05, 0.1) is 11.6 Å². The Hall–Kier alpha value is -1.33. The second-order valence-electron chi connectivity index (χ2n) is 4.29. The van der Waals surface area contributed by atoms with Gasteiger partial charge in [0.2, 0.25) is 0 Å². The maximum atomic E-state index is 12.7. The van der Waals surface area contributed by atoms with Gasteiger partial charge in [-0.15, -0.1) is 11.3 Å². The minimum Gasteiger partial charge on any atom is -0.309 e. The van der Waals surface area contributed by atoms with Gasteiger partial charge in [-0.1, -0.05) is 12.1 Å². The highest BCUT2D eigenvalue weighted by Crippen LogP contribution is 2.33. The second kappa shape index (κ2) is 5.35. The molecule has 2 aromatic rings. The third-order valence-corrected chi connectivity index (χ3v) is 3.95. The highest BCUT2D eigenvalue weighted by Gasteiger charge is 2.31. The van der Waals surface area contributed by atoms with Crippen molar-refractivity contribution in [2.75, 3.05) is 7.05 Å². The maximum Gasteiger partial charge on any atom is 0.416 e. The van der Waals surface area contributed by atoms with Crippen LogP contribution in [-0.4, -0.2) is 7.05 Å². The van der Waals surface area contributed by atoms with Crippen molar-refractivity contribution in [1.82, 2.24) is 5.32 Å². The summed E-state index contributed by atoms with van der Waals surface area (Å²) in [4.78, 5) is 2.15. The fraction of sp³-hybridized carbons (Fsp3) is 0.286. The second-order valence-corrected chi connectivity index (χ2v) is 5.61. The molecule has 1 N–H and O–H groups in total. The van der Waals surface area contributed by atoms with Gasteiger partial charge in [0, 0.05) is 9.75 Å². The molecule has 0 bridgehead atoms. The Bertz CT molecular complexity index is 560. The van der Waals surface area contributed by atoms with Gasteiger partial charge in [-0.25, -0.2) is 0 Å². The summed E-state index contributed by atoms with van der Waals surface area (Å²) >= 11 is 1.58. The van der Waals surface area contributed by atoms with E-state index in [4.69, 9.17) is 0 Å². The van der Waals surface area contributed by atoms with E-state index >= 15 is 0 Å². The molecule has 0 radical (unpaired) electrons. The zero-order chi connectivity index (χ0) is 14.0. The van der Waals surface area contributed by atoms with Crippen LogP contribution in [0.25, 0.3) is 0 Å². The first-order chi connectivity index (χ1) is 8.91. The number of hydrogen-bond donors (Lipinski definition) is 1. The number of thiophene rings is 1. The van der Waals surface area contributed by atoms with Gasteiger partial charge in [0.1, 0.15) is 0 Å². The van der Waals surface area contributed by atoms with Crippen LogP contribution in [-0.2, 0) is 6.18 Å². The van der Waals surface area contributed by atoms with Crippen LogP contribution in [0.3, 0.4) is 0 Å². The van der Waals surface area contributed by atoms with Gasteiger partial charge in [0.15, 0.2) is 0 Å². The summed E-state index contributed by atoms with van der Waals surface area (Å²) in [5, 5.41) is 3.07. The van der Waals surface area contributed by atoms with Crippen LogP contribution < -0.4 is 5.32 Å². The molecule has 0 aliphatic carbocycles. The molecule has 1 heterocycles. The average molecular weight is 285 g/mol. The van der Waals surface area contributed by atoms with E-state index < -0.39 is 11.7 Å². The minimum absolute atomic E-state index is 0.207. The molecule has 1 atom stereocenters. The molecule has 0 saturated carbocycles. The van der Waals surface area contributed by atoms with Crippen molar-refractivity contribution in [2.45, 2.75) is 19.1 Å². The molecule has 0 amide bonds. The Balaban J connectivity index is 2.39. The predicted molar refractivity (Wildman–Crippen MR) is 71.4 cm³/mol. The number of alkyl halides is 3. The molecule has 1 nitrogen and oxygen atoms in total. The van der Waals surface area contributed by atoms with Gasteiger partial charge >= 0.3 is 6.18 Å². The van der Waals surface area contributed by atoms with Crippen LogP contribution in [0.1, 0.15) is 26.9 Å². The lowest BCUT2D eigenvalue weighted by molar-refractivity contribution is -0.137. The topological polar surface area (TPSA) is 12.0 Å². The van der Waals surface area contributed by atoms with Crippen molar-refractivity contribution >= 4 is 11.3 Å². The number of aryl methyl sites for hydroxylation is 1. The molecule has 0 aliphatic heterocycles. The fourth-order valence-electron chi connectivity index (χ4n) is 1.98. The number of nitrogens with one attached hydrogen (secondary N) is 1. The summed E-state index contributed by atoms with van der Waals surface area (Å²) in [6, 6.07) is 9.17. The highest BCUT2D eigenvalue weighted by molar-refractivity contribution is 7.12. The lowest BCUT2D eigenvalue weighted by Gasteiger charge is -2.17. The zero-order valence-corrected chi connectivity index (χ0v) is 11.4.